The molecule has 0 aliphatic rings. The molecule has 0 radical (unpaired) electrons. The molecule has 17 heavy (non-hydrogen) atoms. The van der Waals surface area contributed by atoms with Crippen LogP contribution in [0.5, 0.6) is 0 Å². The van der Waals surface area contributed by atoms with E-state index in [-0.39, 0.29) is 0 Å². The molecule has 3 heteroatoms. The van der Waals surface area contributed by atoms with E-state index < -0.39 is 0 Å². The van der Waals surface area contributed by atoms with Gasteiger partial charge in [0.2, 0.25) is 0 Å². The Morgan fingerprint density at radius 2 is 1.76 bits per heavy atom. The number of benzene rings is 2. The zero-order valence-corrected chi connectivity index (χ0v) is 10.8. The Kier molecular flexibility index (Phi) is 3.73. The molecule has 0 N–H and O–H groups in total. The summed E-state index contributed by atoms with van der Waals surface area (Å²) in [5.41, 5.74) is 1.74. The molecule has 0 atom stereocenters. The molecule has 0 bridgehead atoms. The molecule has 0 saturated carbocycles. The Hall–Kier alpha value is -1.43. The third kappa shape index (κ3) is 2.63. The summed E-state index contributed by atoms with van der Waals surface area (Å²) in [6.45, 7) is 2.05. The van der Waals surface area contributed by atoms with Crippen LogP contribution in [0.15, 0.2) is 52.3 Å². The molecule has 0 fully saturated rings. The summed E-state index contributed by atoms with van der Waals surface area (Å²) in [6.07, 6.45) is 0. The van der Waals surface area contributed by atoms with Crippen molar-refractivity contribution >= 4 is 23.4 Å². The first kappa shape index (κ1) is 12.0. The molecular weight excluding hydrogens is 250 g/mol. The van der Waals surface area contributed by atoms with Crippen LogP contribution in [0.2, 0.25) is 5.02 Å². The normalized spacial score (nSPS) is 9.94. The van der Waals surface area contributed by atoms with Crippen LogP contribution in [0, 0.1) is 18.3 Å². The van der Waals surface area contributed by atoms with Crippen LogP contribution in [0.3, 0.4) is 0 Å². The minimum Gasteiger partial charge on any atom is -0.192 e. The van der Waals surface area contributed by atoms with Crippen molar-refractivity contribution < 1.29 is 0 Å². The second-order valence-corrected chi connectivity index (χ2v) is 5.08. The molecule has 0 aliphatic carbocycles. The lowest BCUT2D eigenvalue weighted by atomic mass is 10.2. The highest BCUT2D eigenvalue weighted by molar-refractivity contribution is 7.99. The van der Waals surface area contributed by atoms with E-state index in [1.165, 1.54) is 5.56 Å². The van der Waals surface area contributed by atoms with Crippen LogP contribution < -0.4 is 0 Å². The van der Waals surface area contributed by atoms with Gasteiger partial charge in [-0.15, -0.1) is 0 Å². The van der Waals surface area contributed by atoms with E-state index in [1.54, 1.807) is 17.8 Å². The standard InChI is InChI=1S/C14H10ClNS/c1-10-5-2-3-7-13(10)17-14-8-4-6-12(15)11(14)9-16/h2-8H,1H3. The van der Waals surface area contributed by atoms with Gasteiger partial charge in [0.1, 0.15) is 6.07 Å². The second kappa shape index (κ2) is 5.27. The van der Waals surface area contributed by atoms with E-state index in [9.17, 15) is 0 Å². The first-order valence-corrected chi connectivity index (χ1v) is 6.34. The number of aryl methyl sites for hydroxylation is 1. The van der Waals surface area contributed by atoms with Crippen LogP contribution in [0.1, 0.15) is 11.1 Å². The lowest BCUT2D eigenvalue weighted by Crippen LogP contribution is -1.84. The maximum Gasteiger partial charge on any atom is 0.102 e. The molecular formula is C14H10ClNS. The molecule has 0 unspecified atom stereocenters. The van der Waals surface area contributed by atoms with Gasteiger partial charge in [0.25, 0.3) is 0 Å². The summed E-state index contributed by atoms with van der Waals surface area (Å²) in [6, 6.07) is 15.8. The fourth-order valence-electron chi connectivity index (χ4n) is 1.49. The highest BCUT2D eigenvalue weighted by Gasteiger charge is 2.08. The molecule has 2 aromatic carbocycles. The van der Waals surface area contributed by atoms with Crippen molar-refractivity contribution in [3.63, 3.8) is 0 Å². The predicted octanol–water partition coefficient (Wildman–Crippen LogP) is 4.67. The number of hydrogen-bond donors (Lipinski definition) is 0. The Balaban J connectivity index is 2.41. The maximum absolute atomic E-state index is 9.10. The van der Waals surface area contributed by atoms with Crippen LogP contribution in [-0.4, -0.2) is 0 Å². The summed E-state index contributed by atoms with van der Waals surface area (Å²) in [5.74, 6) is 0. The molecule has 0 spiro atoms. The molecule has 0 amide bonds. The van der Waals surface area contributed by atoms with Crippen molar-refractivity contribution in [3.05, 3.63) is 58.6 Å². The minimum atomic E-state index is 0.506. The van der Waals surface area contributed by atoms with Gasteiger partial charge in [-0.05, 0) is 30.7 Å². The molecule has 0 saturated heterocycles. The van der Waals surface area contributed by atoms with Crippen LogP contribution in [0.4, 0.5) is 0 Å². The number of hydrogen-bond acceptors (Lipinski definition) is 2. The van der Waals surface area contributed by atoms with E-state index >= 15 is 0 Å². The first-order valence-electron chi connectivity index (χ1n) is 5.14. The molecule has 1 nitrogen and oxygen atoms in total. The molecule has 0 aromatic heterocycles. The van der Waals surface area contributed by atoms with Gasteiger partial charge in [0, 0.05) is 9.79 Å². The number of halogens is 1. The maximum atomic E-state index is 9.10. The van der Waals surface area contributed by atoms with Gasteiger partial charge >= 0.3 is 0 Å². The van der Waals surface area contributed by atoms with Crippen LogP contribution in [-0.2, 0) is 0 Å². The first-order chi connectivity index (χ1) is 8.22. The van der Waals surface area contributed by atoms with Gasteiger partial charge in [-0.1, -0.05) is 47.6 Å². The smallest absolute Gasteiger partial charge is 0.102 e. The van der Waals surface area contributed by atoms with Gasteiger partial charge in [-0.2, -0.15) is 5.26 Å². The Labute approximate surface area is 110 Å². The molecule has 2 rings (SSSR count). The molecule has 0 aliphatic heterocycles. The van der Waals surface area contributed by atoms with Crippen molar-refractivity contribution in [3.8, 4) is 6.07 Å². The second-order valence-electron chi connectivity index (χ2n) is 3.59. The SMILES string of the molecule is Cc1ccccc1Sc1cccc(Cl)c1C#N. The van der Waals surface area contributed by atoms with E-state index in [4.69, 9.17) is 16.9 Å². The van der Waals surface area contributed by atoms with Gasteiger partial charge in [-0.3, -0.25) is 0 Å². The fraction of sp³-hybridized carbons (Fsp3) is 0.0714. The average molecular weight is 260 g/mol. The lowest BCUT2D eigenvalue weighted by Gasteiger charge is -2.07. The van der Waals surface area contributed by atoms with Crippen molar-refractivity contribution in [2.45, 2.75) is 16.7 Å². The third-order valence-corrected chi connectivity index (χ3v) is 3.95. The van der Waals surface area contributed by atoms with Crippen LogP contribution >= 0.6 is 23.4 Å². The Morgan fingerprint density at radius 3 is 2.47 bits per heavy atom. The molecule has 0 heterocycles. The molecule has 2 aromatic rings. The minimum absolute atomic E-state index is 0.506. The summed E-state index contributed by atoms with van der Waals surface area (Å²) in [4.78, 5) is 2.04. The highest BCUT2D eigenvalue weighted by Crippen LogP contribution is 2.34. The quantitative estimate of drug-likeness (QED) is 0.782. The van der Waals surface area contributed by atoms with E-state index in [0.717, 1.165) is 9.79 Å². The van der Waals surface area contributed by atoms with Crippen molar-refractivity contribution in [2.75, 3.05) is 0 Å². The van der Waals surface area contributed by atoms with Gasteiger partial charge in [0.05, 0.1) is 10.6 Å². The predicted molar refractivity (Wildman–Crippen MR) is 71.5 cm³/mol. The fourth-order valence-corrected chi connectivity index (χ4v) is 2.78. The Bertz CT molecular complexity index is 587. The number of nitrogens with zero attached hydrogens (tertiary/aromatic N) is 1. The summed E-state index contributed by atoms with van der Waals surface area (Å²) in [7, 11) is 0. The third-order valence-electron chi connectivity index (χ3n) is 2.40. The van der Waals surface area contributed by atoms with Crippen molar-refractivity contribution in [1.82, 2.24) is 0 Å². The van der Waals surface area contributed by atoms with Crippen molar-refractivity contribution in [1.29, 1.82) is 5.26 Å². The average Bonchev–Trinajstić information content (AvgIpc) is 2.32. The largest absolute Gasteiger partial charge is 0.192 e. The zero-order chi connectivity index (χ0) is 12.3. The number of rotatable bonds is 2. The van der Waals surface area contributed by atoms with Gasteiger partial charge in [-0.25, -0.2) is 0 Å². The van der Waals surface area contributed by atoms with Gasteiger partial charge < -0.3 is 0 Å². The monoisotopic (exact) mass is 259 g/mol. The number of nitriles is 1. The van der Waals surface area contributed by atoms with E-state index in [1.807, 2.05) is 30.3 Å². The van der Waals surface area contributed by atoms with Crippen molar-refractivity contribution in [2.24, 2.45) is 0 Å². The van der Waals surface area contributed by atoms with E-state index in [2.05, 4.69) is 19.1 Å². The lowest BCUT2D eigenvalue weighted by molar-refractivity contribution is 1.28. The zero-order valence-electron chi connectivity index (χ0n) is 9.27. The Morgan fingerprint density at radius 1 is 1.06 bits per heavy atom. The van der Waals surface area contributed by atoms with Crippen LogP contribution in [0.25, 0.3) is 0 Å². The summed E-state index contributed by atoms with van der Waals surface area (Å²) < 4.78 is 0. The topological polar surface area (TPSA) is 23.8 Å². The highest BCUT2D eigenvalue weighted by atomic mass is 35.5. The van der Waals surface area contributed by atoms with E-state index in [0.29, 0.717) is 10.6 Å². The summed E-state index contributed by atoms with van der Waals surface area (Å²) in [5, 5.41) is 9.60. The summed E-state index contributed by atoms with van der Waals surface area (Å²) >= 11 is 7.57. The molecule has 84 valence electrons. The van der Waals surface area contributed by atoms with Gasteiger partial charge in [0.15, 0.2) is 0 Å².